The molecule has 0 aliphatic rings. The summed E-state index contributed by atoms with van der Waals surface area (Å²) in [5.74, 6) is -0.711. The zero-order valence-corrected chi connectivity index (χ0v) is 14.1. The number of rotatable bonds is 7. The van der Waals surface area contributed by atoms with Crippen LogP contribution in [0.4, 0.5) is 14.5 Å². The molecule has 0 heterocycles. The second-order valence-electron chi connectivity index (χ2n) is 4.90. The average molecular weight is 384 g/mol. The highest BCUT2D eigenvalue weighted by molar-refractivity contribution is 6.32. The fourth-order valence-electron chi connectivity index (χ4n) is 2.05. The Kier molecular flexibility index (Phi) is 6.24. The van der Waals surface area contributed by atoms with E-state index >= 15 is 0 Å². The van der Waals surface area contributed by atoms with E-state index in [-0.39, 0.29) is 27.8 Å². The number of ketones is 1. The number of non-ortho nitro benzene ring substituents is 1. The van der Waals surface area contributed by atoms with Gasteiger partial charge in [-0.25, -0.2) is 0 Å². The number of alkyl halides is 2. The summed E-state index contributed by atoms with van der Waals surface area (Å²) < 4.78 is 33.8. The molecule has 0 radical (unpaired) electrons. The Morgan fingerprint density at radius 1 is 1.23 bits per heavy atom. The molecule has 0 spiro atoms. The largest absolute Gasteiger partial charge is 0.493 e. The fourth-order valence-corrected chi connectivity index (χ4v) is 2.23. The predicted octanol–water partition coefficient (Wildman–Crippen LogP) is 4.75. The molecule has 0 saturated carbocycles. The lowest BCUT2D eigenvalue weighted by Gasteiger charge is -2.10. The molecule has 26 heavy (non-hydrogen) atoms. The molecule has 0 aliphatic carbocycles. The molecule has 2 rings (SSSR count). The fraction of sp³-hybridized carbons (Fsp3) is 0.118. The molecule has 0 aliphatic heterocycles. The summed E-state index contributed by atoms with van der Waals surface area (Å²) in [7, 11) is 1.25. The van der Waals surface area contributed by atoms with Gasteiger partial charge in [-0.05, 0) is 42.0 Å². The van der Waals surface area contributed by atoms with Crippen LogP contribution >= 0.6 is 11.6 Å². The molecular formula is C17H12ClF2NO5. The molecule has 0 amide bonds. The highest BCUT2D eigenvalue weighted by atomic mass is 35.5. The number of nitrogens with zero attached hydrogens (tertiary/aromatic N) is 1. The zero-order valence-electron chi connectivity index (χ0n) is 13.3. The third-order valence-electron chi connectivity index (χ3n) is 3.27. The van der Waals surface area contributed by atoms with Gasteiger partial charge in [0.05, 0.1) is 12.0 Å². The van der Waals surface area contributed by atoms with Gasteiger partial charge in [0, 0.05) is 22.7 Å². The lowest BCUT2D eigenvalue weighted by atomic mass is 10.1. The normalized spacial score (nSPS) is 11.0. The van der Waals surface area contributed by atoms with E-state index < -0.39 is 17.3 Å². The SMILES string of the molecule is COc1cc(C(=O)/C=C/c2cc([N+](=O)[O-])ccc2Cl)ccc1OC(F)F. The Labute approximate surface area is 151 Å². The summed E-state index contributed by atoms with van der Waals surface area (Å²) >= 11 is 5.95. The van der Waals surface area contributed by atoms with Crippen molar-refractivity contribution in [3.8, 4) is 11.5 Å². The summed E-state index contributed by atoms with van der Waals surface area (Å²) in [6.45, 7) is -3.03. The third kappa shape index (κ3) is 4.76. The highest BCUT2D eigenvalue weighted by Gasteiger charge is 2.13. The molecule has 0 N–H and O–H groups in total. The highest BCUT2D eigenvalue weighted by Crippen LogP contribution is 2.30. The second-order valence-corrected chi connectivity index (χ2v) is 5.31. The zero-order chi connectivity index (χ0) is 19.3. The monoisotopic (exact) mass is 383 g/mol. The number of allylic oxidation sites excluding steroid dienone is 1. The molecule has 0 bridgehead atoms. The van der Waals surface area contributed by atoms with Crippen molar-refractivity contribution < 1.29 is 28.0 Å². The van der Waals surface area contributed by atoms with Crippen LogP contribution in [0.3, 0.4) is 0 Å². The average Bonchev–Trinajstić information content (AvgIpc) is 2.60. The number of carbonyl (C=O) groups excluding carboxylic acids is 1. The van der Waals surface area contributed by atoms with Crippen molar-refractivity contribution in [3.05, 3.63) is 68.7 Å². The van der Waals surface area contributed by atoms with Crippen LogP contribution in [-0.4, -0.2) is 24.4 Å². The van der Waals surface area contributed by atoms with E-state index in [9.17, 15) is 23.7 Å². The van der Waals surface area contributed by atoms with Crippen LogP contribution in [0.2, 0.25) is 5.02 Å². The van der Waals surface area contributed by atoms with Gasteiger partial charge in [0.1, 0.15) is 0 Å². The molecule has 0 aromatic heterocycles. The minimum atomic E-state index is -3.03. The summed E-state index contributed by atoms with van der Waals surface area (Å²) in [5.41, 5.74) is 0.275. The number of carbonyl (C=O) groups is 1. The number of methoxy groups -OCH3 is 1. The molecule has 0 unspecified atom stereocenters. The van der Waals surface area contributed by atoms with Gasteiger partial charge in [0.2, 0.25) is 0 Å². The lowest BCUT2D eigenvalue weighted by molar-refractivity contribution is -0.384. The first kappa shape index (κ1) is 19.3. The topological polar surface area (TPSA) is 78.7 Å². The van der Waals surface area contributed by atoms with E-state index in [2.05, 4.69) is 4.74 Å². The van der Waals surface area contributed by atoms with Crippen molar-refractivity contribution in [3.63, 3.8) is 0 Å². The predicted molar refractivity (Wildman–Crippen MR) is 91.1 cm³/mol. The van der Waals surface area contributed by atoms with Gasteiger partial charge in [0.25, 0.3) is 5.69 Å². The van der Waals surface area contributed by atoms with Crippen LogP contribution in [-0.2, 0) is 0 Å². The van der Waals surface area contributed by atoms with Crippen molar-refractivity contribution in [1.29, 1.82) is 0 Å². The maximum Gasteiger partial charge on any atom is 0.387 e. The van der Waals surface area contributed by atoms with Crippen molar-refractivity contribution in [2.24, 2.45) is 0 Å². The number of nitro benzene ring substituents is 1. The Morgan fingerprint density at radius 2 is 1.96 bits per heavy atom. The molecule has 2 aromatic carbocycles. The second kappa shape index (κ2) is 8.39. The van der Waals surface area contributed by atoms with Crippen LogP contribution < -0.4 is 9.47 Å². The standard InChI is InChI=1S/C17H12ClF2NO5/c1-25-16-9-11(3-7-15(16)26-17(19)20)14(22)6-2-10-8-12(21(23)24)4-5-13(10)18/h2-9,17H,1H3/b6-2+. The van der Waals surface area contributed by atoms with E-state index in [4.69, 9.17) is 16.3 Å². The van der Waals surface area contributed by atoms with Crippen LogP contribution in [0.5, 0.6) is 11.5 Å². The van der Waals surface area contributed by atoms with Crippen molar-refractivity contribution in [2.75, 3.05) is 7.11 Å². The first-order chi connectivity index (χ1) is 12.3. The minimum Gasteiger partial charge on any atom is -0.493 e. The van der Waals surface area contributed by atoms with E-state index in [1.807, 2.05) is 0 Å². The molecule has 0 saturated heterocycles. The van der Waals surface area contributed by atoms with Gasteiger partial charge in [-0.1, -0.05) is 11.6 Å². The summed E-state index contributed by atoms with van der Waals surface area (Å²) in [5, 5.41) is 11.0. The summed E-state index contributed by atoms with van der Waals surface area (Å²) in [4.78, 5) is 22.5. The van der Waals surface area contributed by atoms with Gasteiger partial charge < -0.3 is 9.47 Å². The van der Waals surface area contributed by atoms with E-state index in [0.717, 1.165) is 6.08 Å². The molecule has 136 valence electrons. The van der Waals surface area contributed by atoms with Crippen LogP contribution in [0.1, 0.15) is 15.9 Å². The first-order valence-corrected chi connectivity index (χ1v) is 7.49. The number of ether oxygens (including phenoxy) is 2. The minimum absolute atomic E-state index is 0.0297. The van der Waals surface area contributed by atoms with Crippen molar-refractivity contribution >= 4 is 29.1 Å². The third-order valence-corrected chi connectivity index (χ3v) is 3.61. The Morgan fingerprint density at radius 3 is 2.58 bits per heavy atom. The number of hydrogen-bond donors (Lipinski definition) is 0. The number of halogens is 3. The van der Waals surface area contributed by atoms with Gasteiger partial charge in [-0.2, -0.15) is 8.78 Å². The van der Waals surface area contributed by atoms with Crippen molar-refractivity contribution in [2.45, 2.75) is 6.61 Å². The van der Waals surface area contributed by atoms with Gasteiger partial charge in [0.15, 0.2) is 17.3 Å². The molecule has 0 atom stereocenters. The smallest absolute Gasteiger partial charge is 0.387 e. The van der Waals surface area contributed by atoms with Crippen LogP contribution in [0.25, 0.3) is 6.08 Å². The maximum absolute atomic E-state index is 12.3. The van der Waals surface area contributed by atoms with Crippen molar-refractivity contribution in [1.82, 2.24) is 0 Å². The molecule has 0 fully saturated rings. The van der Waals surface area contributed by atoms with E-state index in [1.165, 1.54) is 49.6 Å². The number of benzene rings is 2. The van der Waals surface area contributed by atoms with Gasteiger partial charge >= 0.3 is 6.61 Å². The Bertz CT molecular complexity index is 870. The van der Waals surface area contributed by atoms with E-state index in [1.54, 1.807) is 0 Å². The van der Waals surface area contributed by atoms with E-state index in [0.29, 0.717) is 5.56 Å². The number of hydrogen-bond acceptors (Lipinski definition) is 5. The van der Waals surface area contributed by atoms with Crippen LogP contribution in [0.15, 0.2) is 42.5 Å². The van der Waals surface area contributed by atoms with Gasteiger partial charge in [-0.3, -0.25) is 14.9 Å². The molecule has 2 aromatic rings. The summed E-state index contributed by atoms with van der Waals surface area (Å²) in [6.07, 6.45) is 2.49. The van der Waals surface area contributed by atoms with Crippen LogP contribution in [0, 0.1) is 10.1 Å². The molecule has 6 nitrogen and oxygen atoms in total. The Balaban J connectivity index is 2.26. The summed E-state index contributed by atoms with van der Waals surface area (Å²) in [6, 6.07) is 7.55. The Hall–Kier alpha value is -3.00. The van der Waals surface area contributed by atoms with Gasteiger partial charge in [-0.15, -0.1) is 0 Å². The first-order valence-electron chi connectivity index (χ1n) is 7.11. The molecular weight excluding hydrogens is 372 g/mol. The molecule has 9 heteroatoms. The maximum atomic E-state index is 12.3. The lowest BCUT2D eigenvalue weighted by Crippen LogP contribution is -2.04. The quantitative estimate of drug-likeness (QED) is 0.298. The number of nitro groups is 1.